The van der Waals surface area contributed by atoms with Crippen LogP contribution in [0.2, 0.25) is 0 Å². The van der Waals surface area contributed by atoms with E-state index in [1.807, 2.05) is 22.6 Å². The predicted octanol–water partition coefficient (Wildman–Crippen LogP) is 1.86. The van der Waals surface area contributed by atoms with Crippen LogP contribution in [0, 0.1) is 3.57 Å². The first-order valence-electron chi connectivity index (χ1n) is 9.43. The Morgan fingerprint density at radius 3 is 2.68 bits per heavy atom. The smallest absolute Gasteiger partial charge is 0.266 e. The molecule has 1 saturated carbocycles. The average Bonchev–Trinajstić information content (AvgIpc) is 2.97. The van der Waals surface area contributed by atoms with Crippen molar-refractivity contribution in [2.75, 3.05) is 16.8 Å². The Bertz CT molecular complexity index is 1070. The molecule has 10 heteroatoms. The topological polar surface area (TPSA) is 114 Å². The molecule has 1 aliphatic heterocycles. The van der Waals surface area contributed by atoms with Gasteiger partial charge in [-0.3, -0.25) is 9.36 Å². The van der Waals surface area contributed by atoms with Gasteiger partial charge >= 0.3 is 0 Å². The summed E-state index contributed by atoms with van der Waals surface area (Å²) in [6.07, 6.45) is 4.91. The van der Waals surface area contributed by atoms with Crippen LogP contribution >= 0.6 is 22.6 Å². The van der Waals surface area contributed by atoms with Crippen molar-refractivity contribution in [3.63, 3.8) is 0 Å². The molecule has 0 bridgehead atoms. The van der Waals surface area contributed by atoms with Crippen LogP contribution in [-0.4, -0.2) is 51.2 Å². The van der Waals surface area contributed by atoms with Crippen LogP contribution in [0.5, 0.6) is 0 Å². The maximum absolute atomic E-state index is 12.9. The van der Waals surface area contributed by atoms with Gasteiger partial charge in [0.05, 0.1) is 26.7 Å². The largest absolute Gasteiger partial charge is 0.388 e. The third-order valence-electron chi connectivity index (χ3n) is 5.81. The third kappa shape index (κ3) is 3.78. The Balaban J connectivity index is 1.73. The minimum Gasteiger partial charge on any atom is -0.388 e. The van der Waals surface area contributed by atoms with Gasteiger partial charge in [-0.05, 0) is 67.7 Å². The Labute approximate surface area is 176 Å². The van der Waals surface area contributed by atoms with E-state index in [1.54, 1.807) is 23.8 Å². The fraction of sp³-hybridized carbons (Fsp3) is 0.611. The highest BCUT2D eigenvalue weighted by Gasteiger charge is 2.39. The SMILES string of the molecule is C[C@@]1(O)CCC[C@H]1n1c(=O)c(I)cc2cnc(NC3CCS(=O)(=O)CC3)nc21. The average molecular weight is 518 g/mol. The number of anilines is 1. The van der Waals surface area contributed by atoms with E-state index in [2.05, 4.69) is 15.3 Å². The second-order valence-electron chi connectivity index (χ2n) is 7.98. The Morgan fingerprint density at radius 2 is 2.04 bits per heavy atom. The van der Waals surface area contributed by atoms with E-state index in [4.69, 9.17) is 0 Å². The van der Waals surface area contributed by atoms with Crippen LogP contribution in [0.25, 0.3) is 11.0 Å². The maximum Gasteiger partial charge on any atom is 0.266 e. The number of halogens is 1. The lowest BCUT2D eigenvalue weighted by Gasteiger charge is -2.28. The van der Waals surface area contributed by atoms with Gasteiger partial charge in [0.15, 0.2) is 0 Å². The third-order valence-corrected chi connectivity index (χ3v) is 8.30. The number of rotatable bonds is 3. The lowest BCUT2D eigenvalue weighted by Crippen LogP contribution is -2.38. The lowest BCUT2D eigenvalue weighted by atomic mass is 10.00. The van der Waals surface area contributed by atoms with Crippen LogP contribution in [0.15, 0.2) is 17.1 Å². The fourth-order valence-corrected chi connectivity index (χ4v) is 6.29. The highest BCUT2D eigenvalue weighted by Crippen LogP contribution is 2.39. The summed E-state index contributed by atoms with van der Waals surface area (Å²) < 4.78 is 25.4. The van der Waals surface area contributed by atoms with Crippen molar-refractivity contribution in [2.24, 2.45) is 0 Å². The molecule has 0 aromatic carbocycles. The van der Waals surface area contributed by atoms with Gasteiger partial charge < -0.3 is 10.4 Å². The molecule has 2 N–H and O–H groups in total. The van der Waals surface area contributed by atoms with E-state index >= 15 is 0 Å². The van der Waals surface area contributed by atoms with Crippen LogP contribution in [0.4, 0.5) is 5.95 Å². The molecule has 4 rings (SSSR count). The second kappa shape index (κ2) is 7.21. The fourth-order valence-electron chi connectivity index (χ4n) is 4.20. The van der Waals surface area contributed by atoms with Crippen LogP contribution in [0.1, 0.15) is 45.1 Å². The quantitative estimate of drug-likeness (QED) is 0.597. The van der Waals surface area contributed by atoms with E-state index < -0.39 is 15.4 Å². The number of aliphatic hydroxyl groups is 1. The molecule has 1 aliphatic carbocycles. The first-order chi connectivity index (χ1) is 13.2. The molecule has 1 saturated heterocycles. The maximum atomic E-state index is 12.9. The van der Waals surface area contributed by atoms with Crippen LogP contribution in [-0.2, 0) is 9.84 Å². The molecule has 2 aromatic rings. The molecule has 0 spiro atoms. The monoisotopic (exact) mass is 518 g/mol. The van der Waals surface area contributed by atoms with Gasteiger partial charge in [-0.15, -0.1) is 0 Å². The number of hydrogen-bond donors (Lipinski definition) is 2. The molecule has 3 heterocycles. The Kier molecular flexibility index (Phi) is 5.15. The summed E-state index contributed by atoms with van der Waals surface area (Å²) in [5.74, 6) is 0.696. The van der Waals surface area contributed by atoms with Gasteiger partial charge in [-0.2, -0.15) is 4.98 Å². The molecule has 28 heavy (non-hydrogen) atoms. The lowest BCUT2D eigenvalue weighted by molar-refractivity contribution is 0.0266. The highest BCUT2D eigenvalue weighted by atomic mass is 127. The normalized spacial score (nSPS) is 27.9. The molecule has 2 aliphatic rings. The molecule has 2 aromatic heterocycles. The van der Waals surface area contributed by atoms with Gasteiger partial charge in [0.25, 0.3) is 5.56 Å². The minimum atomic E-state index is -2.94. The number of hydrogen-bond acceptors (Lipinski definition) is 7. The number of aromatic nitrogens is 3. The van der Waals surface area contributed by atoms with Gasteiger partial charge in [0, 0.05) is 17.6 Å². The summed E-state index contributed by atoms with van der Waals surface area (Å²) in [6, 6.07) is 1.41. The number of fused-ring (bicyclic) bond motifs is 1. The summed E-state index contributed by atoms with van der Waals surface area (Å²) in [4.78, 5) is 21.9. The van der Waals surface area contributed by atoms with Crippen molar-refractivity contribution < 1.29 is 13.5 Å². The summed E-state index contributed by atoms with van der Waals surface area (Å²) in [6.45, 7) is 1.77. The first kappa shape index (κ1) is 20.0. The first-order valence-corrected chi connectivity index (χ1v) is 12.3. The van der Waals surface area contributed by atoms with Gasteiger partial charge in [0.2, 0.25) is 5.95 Å². The zero-order chi connectivity index (χ0) is 20.1. The number of pyridine rings is 1. The Morgan fingerprint density at radius 1 is 1.32 bits per heavy atom. The van der Waals surface area contributed by atoms with Crippen LogP contribution in [0.3, 0.4) is 0 Å². The minimum absolute atomic E-state index is 0.0143. The number of nitrogens with zero attached hydrogens (tertiary/aromatic N) is 3. The van der Waals surface area contributed by atoms with E-state index in [-0.39, 0.29) is 29.1 Å². The van der Waals surface area contributed by atoms with Gasteiger partial charge in [-0.25, -0.2) is 13.4 Å². The highest BCUT2D eigenvalue weighted by molar-refractivity contribution is 14.1. The second-order valence-corrected chi connectivity index (χ2v) is 11.4. The van der Waals surface area contributed by atoms with Crippen molar-refractivity contribution in [1.29, 1.82) is 0 Å². The van der Waals surface area contributed by atoms with Crippen molar-refractivity contribution in [3.8, 4) is 0 Å². The molecule has 2 atom stereocenters. The summed E-state index contributed by atoms with van der Waals surface area (Å²) >= 11 is 2.01. The molecule has 152 valence electrons. The van der Waals surface area contributed by atoms with E-state index in [0.29, 0.717) is 34.4 Å². The zero-order valence-electron chi connectivity index (χ0n) is 15.6. The van der Waals surface area contributed by atoms with Gasteiger partial charge in [-0.1, -0.05) is 0 Å². The van der Waals surface area contributed by atoms with Crippen molar-refractivity contribution >= 4 is 49.4 Å². The van der Waals surface area contributed by atoms with E-state index in [9.17, 15) is 18.3 Å². The summed E-state index contributed by atoms with van der Waals surface area (Å²) in [5, 5.41) is 14.7. The molecule has 0 radical (unpaired) electrons. The molecule has 8 nitrogen and oxygen atoms in total. The van der Waals surface area contributed by atoms with Crippen LogP contribution < -0.4 is 10.9 Å². The predicted molar refractivity (Wildman–Crippen MR) is 115 cm³/mol. The molecule has 0 amide bonds. The summed E-state index contributed by atoms with van der Waals surface area (Å²) in [7, 11) is -2.94. The Hall–Kier alpha value is -1.27. The summed E-state index contributed by atoms with van der Waals surface area (Å²) in [5.41, 5.74) is -0.621. The standard InChI is InChI=1S/C18H23IN4O4S/c1-18(25)6-2-3-14(18)23-15-11(9-13(19)16(23)24)10-20-17(22-15)21-12-4-7-28(26,27)8-5-12/h9-10,12,14,25H,2-8H2,1H3,(H,20,21,22)/t14-,18-/m1/s1. The van der Waals surface area contributed by atoms with E-state index in [0.717, 1.165) is 18.2 Å². The van der Waals surface area contributed by atoms with Crippen molar-refractivity contribution in [1.82, 2.24) is 14.5 Å². The molecule has 2 fully saturated rings. The van der Waals surface area contributed by atoms with E-state index in [1.165, 1.54) is 0 Å². The van der Waals surface area contributed by atoms with Gasteiger partial charge in [0.1, 0.15) is 15.5 Å². The molecule has 0 unspecified atom stereocenters. The zero-order valence-corrected chi connectivity index (χ0v) is 18.5. The number of nitrogens with one attached hydrogen (secondary N) is 1. The molecular formula is C18H23IN4O4S. The molecular weight excluding hydrogens is 495 g/mol. The number of sulfone groups is 1. The van der Waals surface area contributed by atoms with Crippen molar-refractivity contribution in [2.45, 2.75) is 56.7 Å². The van der Waals surface area contributed by atoms with Crippen molar-refractivity contribution in [3.05, 3.63) is 26.2 Å².